The van der Waals surface area contributed by atoms with Gasteiger partial charge in [-0.3, -0.25) is 9.59 Å². The minimum absolute atomic E-state index is 0.00461. The summed E-state index contributed by atoms with van der Waals surface area (Å²) in [6.07, 6.45) is 0.0316. The molecule has 1 amide bonds. The average Bonchev–Trinajstić information content (AvgIpc) is 3.47. The van der Waals surface area contributed by atoms with Crippen LogP contribution in [0.25, 0.3) is 11.1 Å². The lowest BCUT2D eigenvalue weighted by atomic mass is 9.87. The second-order valence-electron chi connectivity index (χ2n) is 11.7. The molecule has 3 aromatic carbocycles. The van der Waals surface area contributed by atoms with E-state index < -0.39 is 23.2 Å². The normalized spacial score (nSPS) is 19.4. The third kappa shape index (κ3) is 6.04. The quantitative estimate of drug-likeness (QED) is 0.251. The number of amides is 1. The molecule has 2 aliphatic rings. The van der Waals surface area contributed by atoms with Gasteiger partial charge in [-0.15, -0.1) is 0 Å². The van der Waals surface area contributed by atoms with Gasteiger partial charge in [-0.05, 0) is 80.6 Å². The zero-order chi connectivity index (χ0) is 29.9. The van der Waals surface area contributed by atoms with Crippen molar-refractivity contribution in [3.8, 4) is 16.9 Å². The second-order valence-corrected chi connectivity index (χ2v) is 11.7. The van der Waals surface area contributed by atoms with Crippen molar-refractivity contribution < 1.29 is 28.9 Å². The van der Waals surface area contributed by atoms with Gasteiger partial charge in [0.05, 0.1) is 12.6 Å². The molecule has 1 aliphatic carbocycles. The fourth-order valence-electron chi connectivity index (χ4n) is 5.50. The SMILES string of the molecule is C[C@H]1OC(c2ccc(OCCCO)cc2)=N[C@@]1(CCC(=O)OC(C)(C)C)C(=O)NC1c2ccccc2-c2ccccc21. The molecule has 0 unspecified atom stereocenters. The molecule has 0 bridgehead atoms. The third-order valence-corrected chi connectivity index (χ3v) is 7.57. The first-order valence-corrected chi connectivity index (χ1v) is 14.4. The van der Waals surface area contributed by atoms with Crippen molar-refractivity contribution in [3.05, 3.63) is 89.5 Å². The molecule has 8 heteroatoms. The Morgan fingerprint density at radius 1 is 0.976 bits per heavy atom. The van der Waals surface area contributed by atoms with Crippen molar-refractivity contribution in [2.24, 2.45) is 4.99 Å². The van der Waals surface area contributed by atoms with E-state index in [4.69, 9.17) is 24.3 Å². The Morgan fingerprint density at radius 2 is 1.60 bits per heavy atom. The molecule has 8 nitrogen and oxygen atoms in total. The molecule has 5 rings (SSSR count). The number of ether oxygens (including phenoxy) is 3. The summed E-state index contributed by atoms with van der Waals surface area (Å²) in [5.41, 5.74) is 2.90. The lowest BCUT2D eigenvalue weighted by Gasteiger charge is -2.30. The molecule has 0 fully saturated rings. The summed E-state index contributed by atoms with van der Waals surface area (Å²) in [6.45, 7) is 7.73. The molecule has 0 saturated carbocycles. The predicted molar refractivity (Wildman–Crippen MR) is 160 cm³/mol. The van der Waals surface area contributed by atoms with Crippen molar-refractivity contribution in [1.82, 2.24) is 5.32 Å². The Balaban J connectivity index is 1.45. The number of hydrogen-bond acceptors (Lipinski definition) is 7. The first-order valence-electron chi connectivity index (χ1n) is 14.4. The molecule has 2 atom stereocenters. The molecule has 2 N–H and O–H groups in total. The minimum atomic E-state index is -1.35. The van der Waals surface area contributed by atoms with E-state index in [0.717, 1.165) is 22.3 Å². The van der Waals surface area contributed by atoms with Crippen molar-refractivity contribution >= 4 is 17.8 Å². The number of hydrogen-bond donors (Lipinski definition) is 2. The predicted octanol–water partition coefficient (Wildman–Crippen LogP) is 5.36. The topological polar surface area (TPSA) is 106 Å². The van der Waals surface area contributed by atoms with Gasteiger partial charge in [0.2, 0.25) is 5.90 Å². The van der Waals surface area contributed by atoms with Gasteiger partial charge in [0, 0.05) is 25.0 Å². The summed E-state index contributed by atoms with van der Waals surface area (Å²) in [5.74, 6) is 0.280. The number of rotatable bonds is 10. The molecule has 0 spiro atoms. The van der Waals surface area contributed by atoms with Crippen LogP contribution in [-0.2, 0) is 19.1 Å². The molecule has 1 heterocycles. The van der Waals surface area contributed by atoms with E-state index in [1.54, 1.807) is 12.1 Å². The van der Waals surface area contributed by atoms with Crippen LogP contribution >= 0.6 is 0 Å². The van der Waals surface area contributed by atoms with Crippen molar-refractivity contribution in [2.75, 3.05) is 13.2 Å². The zero-order valence-electron chi connectivity index (χ0n) is 24.6. The molecule has 0 saturated heterocycles. The van der Waals surface area contributed by atoms with Gasteiger partial charge in [0.1, 0.15) is 17.5 Å². The summed E-state index contributed by atoms with van der Waals surface area (Å²) in [6, 6.07) is 23.0. The summed E-state index contributed by atoms with van der Waals surface area (Å²) in [4.78, 5) is 32.0. The number of nitrogens with zero attached hydrogens (tertiary/aromatic N) is 1. The van der Waals surface area contributed by atoms with E-state index in [1.807, 2.05) is 76.2 Å². The number of fused-ring (bicyclic) bond motifs is 3. The number of benzene rings is 3. The number of esters is 1. The first kappa shape index (κ1) is 29.3. The van der Waals surface area contributed by atoms with E-state index in [1.165, 1.54) is 0 Å². The Morgan fingerprint density at radius 3 is 2.19 bits per heavy atom. The summed E-state index contributed by atoms with van der Waals surface area (Å²) >= 11 is 0. The van der Waals surface area contributed by atoms with E-state index in [-0.39, 0.29) is 31.4 Å². The second kappa shape index (κ2) is 12.0. The van der Waals surface area contributed by atoms with Crippen LogP contribution in [0.1, 0.15) is 69.7 Å². The molecular weight excluding hydrogens is 532 g/mol. The highest BCUT2D eigenvalue weighted by Gasteiger charge is 2.51. The molecule has 1 aliphatic heterocycles. The lowest BCUT2D eigenvalue weighted by molar-refractivity contribution is -0.155. The van der Waals surface area contributed by atoms with Crippen LogP contribution in [0.4, 0.5) is 0 Å². The van der Waals surface area contributed by atoms with Gasteiger partial charge in [-0.1, -0.05) is 48.5 Å². The molecule has 3 aromatic rings. The van der Waals surface area contributed by atoms with Gasteiger partial charge in [-0.2, -0.15) is 0 Å². The number of carbonyl (C=O) groups excluding carboxylic acids is 2. The smallest absolute Gasteiger partial charge is 0.306 e. The number of aliphatic hydroxyl groups excluding tert-OH is 1. The van der Waals surface area contributed by atoms with E-state index >= 15 is 0 Å². The van der Waals surface area contributed by atoms with Crippen molar-refractivity contribution in [3.63, 3.8) is 0 Å². The Bertz CT molecular complexity index is 1430. The van der Waals surface area contributed by atoms with E-state index in [0.29, 0.717) is 30.2 Å². The maximum Gasteiger partial charge on any atom is 0.306 e. The summed E-state index contributed by atoms with van der Waals surface area (Å²) < 4.78 is 17.4. The molecule has 0 radical (unpaired) electrons. The summed E-state index contributed by atoms with van der Waals surface area (Å²) in [7, 11) is 0. The number of carbonyl (C=O) groups is 2. The zero-order valence-corrected chi connectivity index (χ0v) is 24.6. The summed E-state index contributed by atoms with van der Waals surface area (Å²) in [5, 5.41) is 12.3. The van der Waals surface area contributed by atoms with Crippen LogP contribution in [0, 0.1) is 0 Å². The van der Waals surface area contributed by atoms with Crippen LogP contribution < -0.4 is 10.1 Å². The number of nitrogens with one attached hydrogen (secondary N) is 1. The average molecular weight is 571 g/mol. The fraction of sp³-hybridized carbons (Fsp3) is 0.382. The Hall–Kier alpha value is -4.17. The maximum absolute atomic E-state index is 14.3. The fourth-order valence-corrected chi connectivity index (χ4v) is 5.50. The number of aliphatic imine (C=N–C) groups is 1. The van der Waals surface area contributed by atoms with Gasteiger partial charge in [0.25, 0.3) is 5.91 Å². The highest BCUT2D eigenvalue weighted by atomic mass is 16.6. The Labute approximate surface area is 246 Å². The van der Waals surface area contributed by atoms with Crippen molar-refractivity contribution in [2.45, 2.75) is 70.2 Å². The van der Waals surface area contributed by atoms with Crippen LogP contribution in [-0.4, -0.2) is 53.3 Å². The highest BCUT2D eigenvalue weighted by molar-refractivity contribution is 6.01. The van der Waals surface area contributed by atoms with Gasteiger partial charge >= 0.3 is 5.97 Å². The van der Waals surface area contributed by atoms with E-state index in [2.05, 4.69) is 17.4 Å². The first-order chi connectivity index (χ1) is 20.1. The number of aliphatic hydroxyl groups is 1. The Kier molecular flexibility index (Phi) is 8.36. The van der Waals surface area contributed by atoms with Gasteiger partial charge in [-0.25, -0.2) is 4.99 Å². The van der Waals surface area contributed by atoms with Gasteiger partial charge in [0.15, 0.2) is 5.54 Å². The van der Waals surface area contributed by atoms with Crippen LogP contribution in [0.2, 0.25) is 0 Å². The maximum atomic E-state index is 14.3. The van der Waals surface area contributed by atoms with Crippen LogP contribution in [0.3, 0.4) is 0 Å². The highest BCUT2D eigenvalue weighted by Crippen LogP contribution is 2.44. The van der Waals surface area contributed by atoms with Crippen molar-refractivity contribution in [1.29, 1.82) is 0 Å². The van der Waals surface area contributed by atoms with Crippen LogP contribution in [0.15, 0.2) is 77.8 Å². The lowest BCUT2D eigenvalue weighted by Crippen LogP contribution is -2.52. The third-order valence-electron chi connectivity index (χ3n) is 7.57. The van der Waals surface area contributed by atoms with Gasteiger partial charge < -0.3 is 24.6 Å². The monoisotopic (exact) mass is 570 g/mol. The molecular formula is C34H38N2O6. The molecule has 220 valence electrons. The van der Waals surface area contributed by atoms with E-state index in [9.17, 15) is 9.59 Å². The molecule has 42 heavy (non-hydrogen) atoms. The van der Waals surface area contributed by atoms with Crippen LogP contribution in [0.5, 0.6) is 5.75 Å². The standard InChI is InChI=1S/C34H38N2O6/c1-22-34(19-18-29(38)42-33(2,3)4,36-31(41-22)23-14-16-24(17-15-23)40-21-9-20-37)32(39)35-30-27-12-7-5-10-25(27)26-11-6-8-13-28(26)30/h5-8,10-17,22,30,37H,9,18-21H2,1-4H3,(H,35,39)/t22-,34-/m1/s1. The largest absolute Gasteiger partial charge is 0.494 e. The molecule has 0 aromatic heterocycles. The minimum Gasteiger partial charge on any atom is -0.494 e.